The second-order valence-corrected chi connectivity index (χ2v) is 6.39. The van der Waals surface area contributed by atoms with Gasteiger partial charge in [-0.3, -0.25) is 4.79 Å². The molecule has 0 amide bonds. The molecule has 0 aliphatic rings. The fourth-order valence-corrected chi connectivity index (χ4v) is 3.10. The zero-order valence-electron chi connectivity index (χ0n) is 11.9. The molecule has 0 fully saturated rings. The van der Waals surface area contributed by atoms with Gasteiger partial charge in [0.2, 0.25) is 5.43 Å². The third-order valence-corrected chi connectivity index (χ3v) is 4.86. The predicted molar refractivity (Wildman–Crippen MR) is 96.9 cm³/mol. The van der Waals surface area contributed by atoms with Crippen LogP contribution in [0.3, 0.4) is 0 Å². The number of hydrogen-bond acceptors (Lipinski definition) is 3. The van der Waals surface area contributed by atoms with Crippen molar-refractivity contribution in [2.45, 2.75) is 6.92 Å². The number of ether oxygens (including phenoxy) is 1. The summed E-state index contributed by atoms with van der Waals surface area (Å²) in [6, 6.07) is 10.9. The second-order valence-electron chi connectivity index (χ2n) is 4.90. The van der Waals surface area contributed by atoms with Crippen molar-refractivity contribution in [2.75, 3.05) is 7.11 Å². The highest BCUT2D eigenvalue weighted by atomic mass is 127. The third kappa shape index (κ3) is 2.61. The smallest absolute Gasteiger partial charge is 0.206 e. The summed E-state index contributed by atoms with van der Waals surface area (Å²) in [5, 5.41) is 1.06. The molecule has 112 valence electrons. The fraction of sp³-hybridized carbons (Fsp3) is 0.118. The summed E-state index contributed by atoms with van der Waals surface area (Å²) in [6.45, 7) is 1.88. The molecule has 1 aromatic heterocycles. The third-order valence-electron chi connectivity index (χ3n) is 3.47. The minimum atomic E-state index is -0.0745. The van der Waals surface area contributed by atoms with Crippen LogP contribution in [0.1, 0.15) is 5.56 Å². The van der Waals surface area contributed by atoms with Gasteiger partial charge >= 0.3 is 0 Å². The average Bonchev–Trinajstić information content (AvgIpc) is 2.53. The maximum Gasteiger partial charge on any atom is 0.206 e. The largest absolute Gasteiger partial charge is 0.497 e. The topological polar surface area (TPSA) is 39.4 Å². The molecule has 0 spiro atoms. The molecule has 0 aliphatic carbocycles. The Balaban J connectivity index is 2.27. The van der Waals surface area contributed by atoms with Crippen molar-refractivity contribution in [1.29, 1.82) is 0 Å². The van der Waals surface area contributed by atoms with Crippen molar-refractivity contribution >= 4 is 45.2 Å². The summed E-state index contributed by atoms with van der Waals surface area (Å²) in [4.78, 5) is 12.6. The van der Waals surface area contributed by atoms with E-state index in [1.807, 2.05) is 53.8 Å². The van der Waals surface area contributed by atoms with E-state index in [0.29, 0.717) is 25.3 Å². The van der Waals surface area contributed by atoms with Crippen molar-refractivity contribution in [3.8, 4) is 17.1 Å². The van der Waals surface area contributed by atoms with E-state index in [4.69, 9.17) is 20.8 Å². The molecule has 0 unspecified atom stereocenters. The Labute approximate surface area is 146 Å². The quantitative estimate of drug-likeness (QED) is 0.539. The number of fused-ring (bicyclic) bond motifs is 1. The molecule has 0 saturated heterocycles. The lowest BCUT2D eigenvalue weighted by Gasteiger charge is -2.08. The number of aryl methyl sites for hydroxylation is 1. The molecular formula is C17H12ClIO3. The predicted octanol–water partition coefficient (Wildman–Crippen LogP) is 5.04. The maximum atomic E-state index is 12.6. The standard InChI is InChI=1S/C17H12ClIO3/c1-9-7-14-12(8-13(9)18)16(20)15(19)17(22-14)10-3-5-11(21-2)6-4-10/h3-8H,1-2H3. The zero-order valence-corrected chi connectivity index (χ0v) is 14.9. The van der Waals surface area contributed by atoms with Crippen LogP contribution in [-0.2, 0) is 0 Å². The molecule has 3 aromatic rings. The molecule has 0 bridgehead atoms. The van der Waals surface area contributed by atoms with Gasteiger partial charge in [-0.25, -0.2) is 0 Å². The summed E-state index contributed by atoms with van der Waals surface area (Å²) < 4.78 is 11.6. The second kappa shape index (κ2) is 5.93. The summed E-state index contributed by atoms with van der Waals surface area (Å²) in [6.07, 6.45) is 0. The highest BCUT2D eigenvalue weighted by molar-refractivity contribution is 14.1. The first-order valence-corrected chi connectivity index (χ1v) is 8.04. The number of rotatable bonds is 2. The Morgan fingerprint density at radius 2 is 1.86 bits per heavy atom. The Bertz CT molecular complexity index is 914. The Kier molecular flexibility index (Phi) is 4.14. The van der Waals surface area contributed by atoms with Crippen molar-refractivity contribution in [3.05, 3.63) is 60.8 Å². The van der Waals surface area contributed by atoms with Crippen LogP contribution in [0.2, 0.25) is 5.02 Å². The van der Waals surface area contributed by atoms with E-state index in [-0.39, 0.29) is 5.43 Å². The van der Waals surface area contributed by atoms with E-state index in [1.165, 1.54) is 0 Å². The van der Waals surface area contributed by atoms with Crippen LogP contribution in [0.5, 0.6) is 5.75 Å². The van der Waals surface area contributed by atoms with E-state index < -0.39 is 0 Å². The molecule has 0 aliphatic heterocycles. The van der Waals surface area contributed by atoms with E-state index in [1.54, 1.807) is 19.2 Å². The van der Waals surface area contributed by atoms with Gasteiger partial charge in [0.15, 0.2) is 5.76 Å². The summed E-state index contributed by atoms with van der Waals surface area (Å²) in [5.41, 5.74) is 2.17. The average molecular weight is 427 g/mol. The molecule has 2 aromatic carbocycles. The molecule has 22 heavy (non-hydrogen) atoms. The monoisotopic (exact) mass is 426 g/mol. The highest BCUT2D eigenvalue weighted by Crippen LogP contribution is 2.30. The van der Waals surface area contributed by atoms with E-state index in [0.717, 1.165) is 16.9 Å². The van der Waals surface area contributed by atoms with Gasteiger partial charge in [-0.15, -0.1) is 0 Å². The van der Waals surface area contributed by atoms with Crippen LogP contribution < -0.4 is 10.2 Å². The fourth-order valence-electron chi connectivity index (χ4n) is 2.22. The van der Waals surface area contributed by atoms with Crippen molar-refractivity contribution in [2.24, 2.45) is 0 Å². The van der Waals surface area contributed by atoms with Crippen LogP contribution in [-0.4, -0.2) is 7.11 Å². The Morgan fingerprint density at radius 1 is 1.18 bits per heavy atom. The first-order valence-electron chi connectivity index (χ1n) is 6.58. The molecule has 3 nitrogen and oxygen atoms in total. The molecular weight excluding hydrogens is 415 g/mol. The molecule has 0 atom stereocenters. The van der Waals surface area contributed by atoms with Gasteiger partial charge in [0.25, 0.3) is 0 Å². The SMILES string of the molecule is COc1ccc(-c2oc3cc(C)c(Cl)cc3c(=O)c2I)cc1. The van der Waals surface area contributed by atoms with Crippen LogP contribution in [0.15, 0.2) is 45.6 Å². The molecule has 5 heteroatoms. The lowest BCUT2D eigenvalue weighted by atomic mass is 10.1. The number of benzene rings is 2. The van der Waals surface area contributed by atoms with Crippen molar-refractivity contribution < 1.29 is 9.15 Å². The van der Waals surface area contributed by atoms with Gasteiger partial charge in [-0.1, -0.05) is 11.6 Å². The van der Waals surface area contributed by atoms with Crippen LogP contribution >= 0.6 is 34.2 Å². The van der Waals surface area contributed by atoms with Gasteiger partial charge < -0.3 is 9.15 Å². The summed E-state index contributed by atoms with van der Waals surface area (Å²) in [7, 11) is 1.61. The lowest BCUT2D eigenvalue weighted by Crippen LogP contribution is -2.07. The van der Waals surface area contributed by atoms with Gasteiger partial charge in [-0.2, -0.15) is 0 Å². The molecule has 1 heterocycles. The van der Waals surface area contributed by atoms with Crippen molar-refractivity contribution in [3.63, 3.8) is 0 Å². The zero-order chi connectivity index (χ0) is 15.9. The summed E-state index contributed by atoms with van der Waals surface area (Å²) in [5.74, 6) is 1.31. The van der Waals surface area contributed by atoms with Crippen molar-refractivity contribution in [1.82, 2.24) is 0 Å². The van der Waals surface area contributed by atoms with E-state index in [2.05, 4.69) is 0 Å². The molecule has 3 rings (SSSR count). The van der Waals surface area contributed by atoms with E-state index >= 15 is 0 Å². The van der Waals surface area contributed by atoms with Crippen LogP contribution in [0.4, 0.5) is 0 Å². The molecule has 0 saturated carbocycles. The molecule has 0 N–H and O–H groups in total. The first kappa shape index (κ1) is 15.4. The van der Waals surface area contributed by atoms with Gasteiger partial charge in [-0.05, 0) is 71.5 Å². The number of methoxy groups -OCH3 is 1. The number of halogens is 2. The minimum Gasteiger partial charge on any atom is -0.497 e. The normalized spacial score (nSPS) is 10.9. The Hall–Kier alpha value is -1.53. The minimum absolute atomic E-state index is 0.0745. The van der Waals surface area contributed by atoms with Gasteiger partial charge in [0.1, 0.15) is 14.9 Å². The lowest BCUT2D eigenvalue weighted by molar-refractivity contribution is 0.415. The highest BCUT2D eigenvalue weighted by Gasteiger charge is 2.15. The van der Waals surface area contributed by atoms with Gasteiger partial charge in [0.05, 0.1) is 12.5 Å². The maximum absolute atomic E-state index is 12.6. The molecule has 0 radical (unpaired) electrons. The van der Waals surface area contributed by atoms with E-state index in [9.17, 15) is 4.79 Å². The number of hydrogen-bond donors (Lipinski definition) is 0. The Morgan fingerprint density at radius 3 is 2.50 bits per heavy atom. The van der Waals surface area contributed by atoms with Crippen LogP contribution in [0.25, 0.3) is 22.3 Å². The summed E-state index contributed by atoms with van der Waals surface area (Å²) >= 11 is 8.12. The first-order chi connectivity index (χ1) is 10.5. The van der Waals surface area contributed by atoms with Gasteiger partial charge in [0, 0.05) is 10.6 Å². The van der Waals surface area contributed by atoms with Crippen LogP contribution in [0, 0.1) is 10.5 Å².